The number of hydrogen-bond acceptors (Lipinski definition) is 7. The third kappa shape index (κ3) is 5.30. The van der Waals surface area contributed by atoms with Gasteiger partial charge < -0.3 is 20.1 Å². The van der Waals surface area contributed by atoms with Crippen molar-refractivity contribution < 1.29 is 19.1 Å². The average Bonchev–Trinajstić information content (AvgIpc) is 2.78. The van der Waals surface area contributed by atoms with Crippen molar-refractivity contribution in [3.63, 3.8) is 0 Å². The number of nitrogens with one attached hydrogen (secondary N) is 2. The third-order valence-electron chi connectivity index (χ3n) is 3.67. The molecule has 0 fully saturated rings. The molecule has 0 bridgehead atoms. The van der Waals surface area contributed by atoms with Crippen LogP contribution in [0.15, 0.2) is 6.33 Å². The molecule has 2 atom stereocenters. The highest BCUT2D eigenvalue weighted by molar-refractivity contribution is 5.68. The molecule has 0 spiro atoms. The van der Waals surface area contributed by atoms with E-state index in [0.29, 0.717) is 25.3 Å². The molecule has 1 heterocycles. The largest absolute Gasteiger partial charge is 0.456 e. The van der Waals surface area contributed by atoms with Crippen LogP contribution in [0.4, 0.5) is 10.6 Å². The summed E-state index contributed by atoms with van der Waals surface area (Å²) in [5, 5.41) is 5.89. The summed E-state index contributed by atoms with van der Waals surface area (Å²) in [5.74, 6) is 0.569. The summed E-state index contributed by atoms with van der Waals surface area (Å²) < 4.78 is 10.5. The van der Waals surface area contributed by atoms with E-state index in [1.807, 2.05) is 20.8 Å². The van der Waals surface area contributed by atoms with E-state index < -0.39 is 11.7 Å². The van der Waals surface area contributed by atoms with Crippen LogP contribution in [0.1, 0.15) is 64.3 Å². The molecule has 1 aromatic heterocycles. The second-order valence-electron chi connectivity index (χ2n) is 7.11. The van der Waals surface area contributed by atoms with Gasteiger partial charge in [0.25, 0.3) is 0 Å². The van der Waals surface area contributed by atoms with Crippen molar-refractivity contribution in [1.29, 1.82) is 0 Å². The second kappa shape index (κ2) is 7.67. The molecule has 0 saturated carbocycles. The van der Waals surface area contributed by atoms with Crippen molar-refractivity contribution in [1.82, 2.24) is 15.3 Å². The summed E-state index contributed by atoms with van der Waals surface area (Å²) >= 11 is 0. The summed E-state index contributed by atoms with van der Waals surface area (Å²) in [5.41, 5.74) is 1.19. The molecule has 2 N–H and O–H groups in total. The first-order valence-corrected chi connectivity index (χ1v) is 8.40. The Balaban J connectivity index is 1.93. The number of fused-ring (bicyclic) bond motifs is 1. The zero-order valence-electron chi connectivity index (χ0n) is 15.4. The highest BCUT2D eigenvalue weighted by Gasteiger charge is 2.34. The molecule has 1 aromatic rings. The van der Waals surface area contributed by atoms with Gasteiger partial charge in [-0.25, -0.2) is 14.8 Å². The van der Waals surface area contributed by atoms with Crippen LogP contribution in [-0.2, 0) is 14.3 Å². The first-order chi connectivity index (χ1) is 11.7. The first-order valence-electron chi connectivity index (χ1n) is 8.40. The molecule has 0 saturated heterocycles. The number of anilines is 1. The lowest BCUT2D eigenvalue weighted by atomic mass is 10.1. The number of hydrogen-bond donors (Lipinski definition) is 2. The van der Waals surface area contributed by atoms with Gasteiger partial charge in [0.05, 0.1) is 5.69 Å². The van der Waals surface area contributed by atoms with Crippen LogP contribution in [0.25, 0.3) is 0 Å². The van der Waals surface area contributed by atoms with Gasteiger partial charge in [0.15, 0.2) is 0 Å². The van der Waals surface area contributed by atoms with Crippen molar-refractivity contribution in [2.75, 3.05) is 18.4 Å². The Kier molecular flexibility index (Phi) is 5.81. The quantitative estimate of drug-likeness (QED) is 0.621. The first kappa shape index (κ1) is 19.0. The van der Waals surface area contributed by atoms with Crippen molar-refractivity contribution in [3.8, 4) is 0 Å². The molecule has 1 aliphatic carbocycles. The zero-order chi connectivity index (χ0) is 18.6. The van der Waals surface area contributed by atoms with Crippen LogP contribution in [-0.4, -0.2) is 40.7 Å². The minimum atomic E-state index is -0.522. The number of aromatic nitrogens is 2. The SMILES string of the molecule is CC(=O)OC1CC(C)c2c(NCCNC(=O)OC(C)(C)C)ncnc21. The molecular weight excluding hydrogens is 324 g/mol. The number of carbonyl (C=O) groups is 2. The molecule has 0 aliphatic heterocycles. The fourth-order valence-electron chi connectivity index (χ4n) is 2.81. The van der Waals surface area contributed by atoms with Crippen LogP contribution >= 0.6 is 0 Å². The Labute approximate surface area is 147 Å². The van der Waals surface area contributed by atoms with Crippen LogP contribution < -0.4 is 10.6 Å². The van der Waals surface area contributed by atoms with E-state index in [9.17, 15) is 9.59 Å². The van der Waals surface area contributed by atoms with E-state index in [4.69, 9.17) is 9.47 Å². The van der Waals surface area contributed by atoms with E-state index >= 15 is 0 Å². The topological polar surface area (TPSA) is 102 Å². The zero-order valence-corrected chi connectivity index (χ0v) is 15.4. The summed E-state index contributed by atoms with van der Waals surface area (Å²) in [6.07, 6.45) is 1.37. The molecule has 0 aromatic carbocycles. The number of ether oxygens (including phenoxy) is 2. The lowest BCUT2D eigenvalue weighted by Gasteiger charge is -2.20. The van der Waals surface area contributed by atoms with Crippen molar-refractivity contribution in [2.24, 2.45) is 0 Å². The molecule has 2 unspecified atom stereocenters. The highest BCUT2D eigenvalue weighted by Crippen LogP contribution is 2.43. The van der Waals surface area contributed by atoms with Crippen LogP contribution in [0.5, 0.6) is 0 Å². The standard InChI is InChI=1S/C17H26N4O4/c1-10-8-12(24-11(2)22)14-13(10)15(21-9-20-14)18-6-7-19-16(23)25-17(3,4)5/h9-10,12H,6-8H2,1-5H3,(H,19,23)(H,18,20,21). The maximum atomic E-state index is 11.6. The molecule has 2 rings (SSSR count). The molecule has 8 heteroatoms. The van der Waals surface area contributed by atoms with Gasteiger partial charge in [-0.2, -0.15) is 0 Å². The molecular formula is C17H26N4O4. The van der Waals surface area contributed by atoms with Crippen LogP contribution in [0.2, 0.25) is 0 Å². The lowest BCUT2D eigenvalue weighted by Crippen LogP contribution is -2.35. The predicted molar refractivity (Wildman–Crippen MR) is 92.3 cm³/mol. The van der Waals surface area contributed by atoms with E-state index in [1.54, 1.807) is 0 Å². The Bertz CT molecular complexity index is 642. The fraction of sp³-hybridized carbons (Fsp3) is 0.647. The van der Waals surface area contributed by atoms with Gasteiger partial charge >= 0.3 is 12.1 Å². The number of rotatable bonds is 5. The molecule has 138 valence electrons. The van der Waals surface area contributed by atoms with Gasteiger partial charge in [0.2, 0.25) is 0 Å². The number of alkyl carbamates (subject to hydrolysis) is 1. The number of esters is 1. The van der Waals surface area contributed by atoms with E-state index in [2.05, 4.69) is 27.5 Å². The summed E-state index contributed by atoms with van der Waals surface area (Å²) in [6.45, 7) is 9.78. The van der Waals surface area contributed by atoms with Gasteiger partial charge in [-0.3, -0.25) is 4.79 Å². The maximum Gasteiger partial charge on any atom is 0.407 e. The second-order valence-corrected chi connectivity index (χ2v) is 7.11. The summed E-state index contributed by atoms with van der Waals surface area (Å²) in [7, 11) is 0. The van der Waals surface area contributed by atoms with Gasteiger partial charge in [-0.15, -0.1) is 0 Å². The predicted octanol–water partition coefficient (Wildman–Crippen LogP) is 2.52. The number of amides is 1. The minimum absolute atomic E-state index is 0.182. The maximum absolute atomic E-state index is 11.6. The molecule has 1 amide bonds. The van der Waals surface area contributed by atoms with E-state index in [0.717, 1.165) is 11.3 Å². The summed E-state index contributed by atoms with van der Waals surface area (Å²) in [4.78, 5) is 31.4. The Morgan fingerprint density at radius 1 is 1.28 bits per heavy atom. The molecule has 8 nitrogen and oxygen atoms in total. The van der Waals surface area contributed by atoms with Gasteiger partial charge in [-0.1, -0.05) is 6.92 Å². The van der Waals surface area contributed by atoms with Gasteiger partial charge in [0, 0.05) is 25.6 Å². The van der Waals surface area contributed by atoms with E-state index in [-0.39, 0.29) is 18.0 Å². The van der Waals surface area contributed by atoms with Crippen LogP contribution in [0, 0.1) is 0 Å². The molecule has 1 aliphatic rings. The Morgan fingerprint density at radius 2 is 2.00 bits per heavy atom. The minimum Gasteiger partial charge on any atom is -0.456 e. The van der Waals surface area contributed by atoms with Gasteiger partial charge in [0.1, 0.15) is 23.9 Å². The number of nitrogens with zero attached hydrogens (tertiary/aromatic N) is 2. The van der Waals surface area contributed by atoms with Gasteiger partial charge in [-0.05, 0) is 33.1 Å². The molecule has 25 heavy (non-hydrogen) atoms. The normalized spacial score (nSPS) is 19.1. The Hall–Kier alpha value is -2.38. The lowest BCUT2D eigenvalue weighted by molar-refractivity contribution is -0.146. The smallest absolute Gasteiger partial charge is 0.407 e. The van der Waals surface area contributed by atoms with Crippen LogP contribution in [0.3, 0.4) is 0 Å². The average molecular weight is 350 g/mol. The van der Waals surface area contributed by atoms with Crippen molar-refractivity contribution in [2.45, 2.75) is 58.7 Å². The number of carbonyl (C=O) groups excluding carboxylic acids is 2. The fourth-order valence-corrected chi connectivity index (χ4v) is 2.81. The third-order valence-corrected chi connectivity index (χ3v) is 3.67. The Morgan fingerprint density at radius 3 is 2.64 bits per heavy atom. The van der Waals surface area contributed by atoms with E-state index in [1.165, 1.54) is 13.3 Å². The monoisotopic (exact) mass is 350 g/mol. The summed E-state index contributed by atoms with van der Waals surface area (Å²) in [6, 6.07) is 0. The van der Waals surface area contributed by atoms with Crippen molar-refractivity contribution in [3.05, 3.63) is 17.6 Å². The highest BCUT2D eigenvalue weighted by atomic mass is 16.6. The van der Waals surface area contributed by atoms with Crippen molar-refractivity contribution >= 4 is 17.9 Å². The molecule has 0 radical (unpaired) electrons.